The van der Waals surface area contributed by atoms with Gasteiger partial charge in [-0.1, -0.05) is 12.1 Å². The SMILES string of the molecule is O=C(N/N=C\c1cccnc1)c1cccc(F)c1. The minimum absolute atomic E-state index is 0.221. The van der Waals surface area contributed by atoms with Crippen LogP contribution in [0, 0.1) is 5.82 Å². The summed E-state index contributed by atoms with van der Waals surface area (Å²) in [7, 11) is 0. The van der Waals surface area contributed by atoms with Gasteiger partial charge in [0.05, 0.1) is 6.21 Å². The molecule has 2 rings (SSSR count). The Labute approximate surface area is 103 Å². The van der Waals surface area contributed by atoms with Crippen molar-refractivity contribution in [2.75, 3.05) is 0 Å². The third-order valence-corrected chi connectivity index (χ3v) is 2.15. The maximum atomic E-state index is 12.9. The smallest absolute Gasteiger partial charge is 0.267 e. The second-order valence-electron chi connectivity index (χ2n) is 3.50. The highest BCUT2D eigenvalue weighted by molar-refractivity contribution is 5.94. The van der Waals surface area contributed by atoms with Gasteiger partial charge in [-0.25, -0.2) is 9.82 Å². The number of hydrogen-bond donors (Lipinski definition) is 1. The van der Waals surface area contributed by atoms with Crippen LogP contribution in [0.2, 0.25) is 0 Å². The first kappa shape index (κ1) is 11.9. The van der Waals surface area contributed by atoms with E-state index in [-0.39, 0.29) is 5.56 Å². The van der Waals surface area contributed by atoms with Gasteiger partial charge in [0.1, 0.15) is 5.82 Å². The van der Waals surface area contributed by atoms with Gasteiger partial charge in [0.2, 0.25) is 0 Å². The molecule has 1 aromatic carbocycles. The van der Waals surface area contributed by atoms with Crippen molar-refractivity contribution in [3.05, 3.63) is 65.7 Å². The maximum Gasteiger partial charge on any atom is 0.271 e. The molecule has 1 amide bonds. The van der Waals surface area contributed by atoms with Crippen molar-refractivity contribution in [3.8, 4) is 0 Å². The fourth-order valence-electron chi connectivity index (χ4n) is 1.31. The van der Waals surface area contributed by atoms with Crippen LogP contribution in [-0.4, -0.2) is 17.1 Å². The molecule has 18 heavy (non-hydrogen) atoms. The van der Waals surface area contributed by atoms with Gasteiger partial charge in [-0.2, -0.15) is 5.10 Å². The van der Waals surface area contributed by atoms with Crippen molar-refractivity contribution in [2.24, 2.45) is 5.10 Å². The van der Waals surface area contributed by atoms with E-state index in [1.807, 2.05) is 0 Å². The van der Waals surface area contributed by atoms with Crippen LogP contribution in [0.3, 0.4) is 0 Å². The molecule has 0 aliphatic carbocycles. The first-order valence-electron chi connectivity index (χ1n) is 5.25. The van der Waals surface area contributed by atoms with Crippen molar-refractivity contribution in [2.45, 2.75) is 0 Å². The zero-order valence-electron chi connectivity index (χ0n) is 9.38. The van der Waals surface area contributed by atoms with Gasteiger partial charge in [0.25, 0.3) is 5.91 Å². The molecule has 4 nitrogen and oxygen atoms in total. The Hall–Kier alpha value is -2.56. The number of aromatic nitrogens is 1. The summed E-state index contributed by atoms with van der Waals surface area (Å²) < 4.78 is 12.9. The van der Waals surface area contributed by atoms with Gasteiger partial charge in [-0.05, 0) is 24.3 Å². The highest BCUT2D eigenvalue weighted by Gasteiger charge is 2.04. The number of amides is 1. The lowest BCUT2D eigenvalue weighted by molar-refractivity contribution is 0.0954. The number of hydrazone groups is 1. The van der Waals surface area contributed by atoms with E-state index in [2.05, 4.69) is 15.5 Å². The largest absolute Gasteiger partial charge is 0.271 e. The van der Waals surface area contributed by atoms with E-state index in [0.29, 0.717) is 0 Å². The summed E-state index contributed by atoms with van der Waals surface area (Å²) in [6.07, 6.45) is 4.71. The van der Waals surface area contributed by atoms with Crippen molar-refractivity contribution >= 4 is 12.1 Å². The lowest BCUT2D eigenvalue weighted by Crippen LogP contribution is -2.17. The molecular formula is C13H10FN3O. The molecular weight excluding hydrogens is 233 g/mol. The highest BCUT2D eigenvalue weighted by Crippen LogP contribution is 2.02. The Morgan fingerprint density at radius 1 is 1.33 bits per heavy atom. The Balaban J connectivity index is 1.99. The molecule has 1 aromatic heterocycles. The van der Waals surface area contributed by atoms with Crippen LogP contribution in [0.25, 0.3) is 0 Å². The van der Waals surface area contributed by atoms with E-state index in [0.717, 1.165) is 11.6 Å². The minimum Gasteiger partial charge on any atom is -0.267 e. The molecule has 90 valence electrons. The molecule has 2 aromatic rings. The number of carbonyl (C=O) groups is 1. The van der Waals surface area contributed by atoms with E-state index in [1.165, 1.54) is 24.4 Å². The third-order valence-electron chi connectivity index (χ3n) is 2.15. The number of rotatable bonds is 3. The van der Waals surface area contributed by atoms with Crippen molar-refractivity contribution in [1.29, 1.82) is 0 Å². The Morgan fingerprint density at radius 3 is 2.94 bits per heavy atom. The van der Waals surface area contributed by atoms with Crippen LogP contribution in [0.5, 0.6) is 0 Å². The average Bonchev–Trinajstić information content (AvgIpc) is 2.40. The number of benzene rings is 1. The fourth-order valence-corrected chi connectivity index (χ4v) is 1.31. The second kappa shape index (κ2) is 5.67. The maximum absolute atomic E-state index is 12.9. The number of pyridine rings is 1. The topological polar surface area (TPSA) is 54.4 Å². The van der Waals surface area contributed by atoms with Crippen LogP contribution in [-0.2, 0) is 0 Å². The molecule has 0 bridgehead atoms. The average molecular weight is 243 g/mol. The Bertz CT molecular complexity index is 569. The summed E-state index contributed by atoms with van der Waals surface area (Å²) in [5.41, 5.74) is 3.29. The summed E-state index contributed by atoms with van der Waals surface area (Å²) in [4.78, 5) is 15.5. The highest BCUT2D eigenvalue weighted by atomic mass is 19.1. The van der Waals surface area contributed by atoms with Crippen molar-refractivity contribution < 1.29 is 9.18 Å². The van der Waals surface area contributed by atoms with Gasteiger partial charge >= 0.3 is 0 Å². The van der Waals surface area contributed by atoms with E-state index in [1.54, 1.807) is 24.5 Å². The van der Waals surface area contributed by atoms with Gasteiger partial charge in [0.15, 0.2) is 0 Å². The molecule has 0 spiro atoms. The molecule has 0 radical (unpaired) electrons. The van der Waals surface area contributed by atoms with E-state index < -0.39 is 11.7 Å². The molecule has 0 atom stereocenters. The van der Waals surface area contributed by atoms with Crippen LogP contribution >= 0.6 is 0 Å². The number of halogens is 1. The van der Waals surface area contributed by atoms with Gasteiger partial charge in [0, 0.05) is 23.5 Å². The predicted octanol–water partition coefficient (Wildman–Crippen LogP) is 1.98. The first-order valence-corrected chi connectivity index (χ1v) is 5.25. The number of carbonyl (C=O) groups excluding carboxylic acids is 1. The first-order chi connectivity index (χ1) is 8.75. The molecule has 0 aliphatic rings. The number of hydrogen-bond acceptors (Lipinski definition) is 3. The zero-order chi connectivity index (χ0) is 12.8. The lowest BCUT2D eigenvalue weighted by Gasteiger charge is -1.99. The van der Waals surface area contributed by atoms with Crippen molar-refractivity contribution in [1.82, 2.24) is 10.4 Å². The normalized spacial score (nSPS) is 10.5. The molecule has 0 unspecified atom stereocenters. The second-order valence-corrected chi connectivity index (χ2v) is 3.50. The summed E-state index contributed by atoms with van der Waals surface area (Å²) in [6.45, 7) is 0. The zero-order valence-corrected chi connectivity index (χ0v) is 9.38. The van der Waals surface area contributed by atoms with E-state index >= 15 is 0 Å². The standard InChI is InChI=1S/C13H10FN3O/c14-12-5-1-4-11(7-12)13(18)17-16-9-10-3-2-6-15-8-10/h1-9H,(H,17,18)/b16-9-. The van der Waals surface area contributed by atoms with Crippen LogP contribution < -0.4 is 5.43 Å². The van der Waals surface area contributed by atoms with E-state index in [4.69, 9.17) is 0 Å². The summed E-state index contributed by atoms with van der Waals surface area (Å²) >= 11 is 0. The van der Waals surface area contributed by atoms with E-state index in [9.17, 15) is 9.18 Å². The lowest BCUT2D eigenvalue weighted by atomic mass is 10.2. The molecule has 1 heterocycles. The van der Waals surface area contributed by atoms with Crippen molar-refractivity contribution in [3.63, 3.8) is 0 Å². The molecule has 5 heteroatoms. The van der Waals surface area contributed by atoms with Gasteiger partial charge in [-0.3, -0.25) is 9.78 Å². The molecule has 1 N–H and O–H groups in total. The van der Waals surface area contributed by atoms with Crippen LogP contribution in [0.15, 0.2) is 53.9 Å². The van der Waals surface area contributed by atoms with Crippen LogP contribution in [0.4, 0.5) is 4.39 Å². The van der Waals surface area contributed by atoms with Gasteiger partial charge < -0.3 is 0 Å². The Kier molecular flexibility index (Phi) is 3.76. The minimum atomic E-state index is -0.463. The number of nitrogens with one attached hydrogen (secondary N) is 1. The third kappa shape index (κ3) is 3.21. The fraction of sp³-hybridized carbons (Fsp3) is 0. The van der Waals surface area contributed by atoms with Gasteiger partial charge in [-0.15, -0.1) is 0 Å². The molecule has 0 saturated carbocycles. The van der Waals surface area contributed by atoms with Crippen LogP contribution in [0.1, 0.15) is 15.9 Å². The Morgan fingerprint density at radius 2 is 2.22 bits per heavy atom. The predicted molar refractivity (Wildman–Crippen MR) is 65.7 cm³/mol. The summed E-state index contributed by atoms with van der Waals surface area (Å²) in [6, 6.07) is 8.96. The quantitative estimate of drug-likeness (QED) is 0.662. The number of nitrogens with zero attached hydrogens (tertiary/aromatic N) is 2. The summed E-state index contributed by atoms with van der Waals surface area (Å²) in [5.74, 6) is -0.923. The summed E-state index contributed by atoms with van der Waals surface area (Å²) in [5, 5.41) is 3.76. The molecule has 0 aliphatic heterocycles. The molecule has 0 fully saturated rings. The molecule has 0 saturated heterocycles. The monoisotopic (exact) mass is 243 g/mol.